The van der Waals surface area contributed by atoms with Crippen LogP contribution in [-0.4, -0.2) is 33.9 Å². The van der Waals surface area contributed by atoms with Crippen molar-refractivity contribution < 1.29 is 9.90 Å². The van der Waals surface area contributed by atoms with E-state index in [2.05, 4.69) is 42.8 Å². The summed E-state index contributed by atoms with van der Waals surface area (Å²) in [5.41, 5.74) is -0.0159. The molecule has 1 aromatic heterocycles. The van der Waals surface area contributed by atoms with Gasteiger partial charge in [-0.15, -0.1) is 10.2 Å². The molecule has 0 saturated carbocycles. The van der Waals surface area contributed by atoms with Gasteiger partial charge in [0.1, 0.15) is 0 Å². The molecule has 0 saturated heterocycles. The van der Waals surface area contributed by atoms with Crippen LogP contribution in [0.15, 0.2) is 12.1 Å². The quantitative estimate of drug-likeness (QED) is 0.821. The third-order valence-corrected chi connectivity index (χ3v) is 3.11. The average Bonchev–Trinajstić information content (AvgIpc) is 2.38. The molecule has 5 nitrogen and oxygen atoms in total. The minimum absolute atomic E-state index is 0.0159. The van der Waals surface area contributed by atoms with Crippen molar-refractivity contribution in [3.05, 3.63) is 17.8 Å². The summed E-state index contributed by atoms with van der Waals surface area (Å²) in [5.74, 6) is 0.228. The number of hydrogen-bond acceptors (Lipinski definition) is 4. The highest BCUT2D eigenvalue weighted by molar-refractivity contribution is 5.85. The molecule has 1 heterocycles. The van der Waals surface area contributed by atoms with Crippen LogP contribution in [0.4, 0.5) is 5.82 Å². The van der Waals surface area contributed by atoms with E-state index in [1.165, 1.54) is 6.07 Å². The predicted octanol–water partition coefficient (Wildman–Crippen LogP) is 2.83. The molecule has 0 atom stereocenters. The Bertz CT molecular complexity index is 400. The van der Waals surface area contributed by atoms with Gasteiger partial charge in [0.15, 0.2) is 11.5 Å². The molecule has 0 amide bonds. The molecule has 0 spiro atoms. The second-order valence-corrected chi connectivity index (χ2v) is 5.10. The van der Waals surface area contributed by atoms with E-state index in [0.717, 1.165) is 25.2 Å². The Morgan fingerprint density at radius 3 is 2.26 bits per heavy atom. The smallest absolute Gasteiger partial charge is 0.356 e. The number of carbonyl (C=O) groups is 1. The van der Waals surface area contributed by atoms with Gasteiger partial charge in [-0.05, 0) is 30.9 Å². The number of rotatable bonds is 7. The molecule has 0 fully saturated rings. The number of carboxylic acid groups (broad SMARTS) is 1. The van der Waals surface area contributed by atoms with Crippen molar-refractivity contribution in [2.45, 2.75) is 46.6 Å². The standard InChI is InChI=1S/C14H23N3O2/c1-5-11(6-2)17(9-10(3)4)13-8-7-12(14(18)19)15-16-13/h7-8,10-11H,5-6,9H2,1-4H3,(H,18,19). The Kier molecular flexibility index (Phi) is 5.73. The van der Waals surface area contributed by atoms with Crippen molar-refractivity contribution in [3.8, 4) is 0 Å². The van der Waals surface area contributed by atoms with E-state index < -0.39 is 5.97 Å². The van der Waals surface area contributed by atoms with Crippen LogP contribution < -0.4 is 4.90 Å². The first-order valence-electron chi connectivity index (χ1n) is 6.83. The Labute approximate surface area is 114 Å². The first kappa shape index (κ1) is 15.4. The minimum Gasteiger partial charge on any atom is -0.476 e. The van der Waals surface area contributed by atoms with Gasteiger partial charge in [-0.25, -0.2) is 4.79 Å². The Balaban J connectivity index is 2.99. The fourth-order valence-corrected chi connectivity index (χ4v) is 2.14. The molecule has 5 heteroatoms. The van der Waals surface area contributed by atoms with E-state index in [1.54, 1.807) is 6.07 Å². The number of aromatic nitrogens is 2. The summed E-state index contributed by atoms with van der Waals surface area (Å²) >= 11 is 0. The van der Waals surface area contributed by atoms with Crippen LogP contribution in [0.25, 0.3) is 0 Å². The number of anilines is 1. The second kappa shape index (κ2) is 7.07. The van der Waals surface area contributed by atoms with Crippen molar-refractivity contribution in [3.63, 3.8) is 0 Å². The van der Waals surface area contributed by atoms with Crippen molar-refractivity contribution in [2.75, 3.05) is 11.4 Å². The molecule has 0 aromatic carbocycles. The molecule has 106 valence electrons. The highest BCUT2D eigenvalue weighted by atomic mass is 16.4. The first-order chi connectivity index (χ1) is 8.99. The summed E-state index contributed by atoms with van der Waals surface area (Å²) in [4.78, 5) is 13.0. The number of hydrogen-bond donors (Lipinski definition) is 1. The Morgan fingerprint density at radius 2 is 1.89 bits per heavy atom. The van der Waals surface area contributed by atoms with Gasteiger partial charge in [0.05, 0.1) is 0 Å². The summed E-state index contributed by atoms with van der Waals surface area (Å²) in [6.45, 7) is 9.53. The molecule has 0 unspecified atom stereocenters. The minimum atomic E-state index is -1.04. The van der Waals surface area contributed by atoms with Crippen molar-refractivity contribution in [1.82, 2.24) is 10.2 Å². The lowest BCUT2D eigenvalue weighted by Gasteiger charge is -2.32. The van der Waals surface area contributed by atoms with Gasteiger partial charge in [0.2, 0.25) is 0 Å². The highest BCUT2D eigenvalue weighted by Crippen LogP contribution is 2.19. The van der Waals surface area contributed by atoms with Crippen molar-refractivity contribution >= 4 is 11.8 Å². The predicted molar refractivity (Wildman–Crippen MR) is 75.5 cm³/mol. The molecule has 0 aliphatic carbocycles. The maximum absolute atomic E-state index is 10.8. The zero-order valence-corrected chi connectivity index (χ0v) is 12.1. The second-order valence-electron chi connectivity index (χ2n) is 5.10. The van der Waals surface area contributed by atoms with E-state index >= 15 is 0 Å². The normalized spacial score (nSPS) is 11.1. The molecule has 0 radical (unpaired) electrons. The van der Waals surface area contributed by atoms with Crippen molar-refractivity contribution in [1.29, 1.82) is 0 Å². The molecule has 0 bridgehead atoms. The summed E-state index contributed by atoms with van der Waals surface area (Å²) in [7, 11) is 0. The molecule has 0 aliphatic heterocycles. The largest absolute Gasteiger partial charge is 0.476 e. The summed E-state index contributed by atoms with van der Waals surface area (Å²) in [5, 5.41) is 16.7. The van der Waals surface area contributed by atoms with Crippen LogP contribution in [0, 0.1) is 5.92 Å². The van der Waals surface area contributed by atoms with E-state index in [1.807, 2.05) is 0 Å². The maximum atomic E-state index is 10.8. The van der Waals surface area contributed by atoms with Gasteiger partial charge in [-0.3, -0.25) is 0 Å². The monoisotopic (exact) mass is 265 g/mol. The molecular formula is C14H23N3O2. The molecule has 0 aliphatic rings. The van der Waals surface area contributed by atoms with Gasteiger partial charge in [0.25, 0.3) is 0 Å². The van der Waals surface area contributed by atoms with Crippen LogP contribution in [0.2, 0.25) is 0 Å². The molecule has 1 aromatic rings. The molecule has 1 rings (SSSR count). The van der Waals surface area contributed by atoms with E-state index in [4.69, 9.17) is 5.11 Å². The fourth-order valence-electron chi connectivity index (χ4n) is 2.14. The van der Waals surface area contributed by atoms with Crippen LogP contribution in [0.1, 0.15) is 51.0 Å². The van der Waals surface area contributed by atoms with Crippen LogP contribution in [0.3, 0.4) is 0 Å². The lowest BCUT2D eigenvalue weighted by Crippen LogP contribution is -2.38. The average molecular weight is 265 g/mol. The van der Waals surface area contributed by atoms with Crippen LogP contribution in [0.5, 0.6) is 0 Å². The first-order valence-corrected chi connectivity index (χ1v) is 6.83. The van der Waals surface area contributed by atoms with E-state index in [-0.39, 0.29) is 5.69 Å². The Hall–Kier alpha value is -1.65. The van der Waals surface area contributed by atoms with Gasteiger partial charge in [-0.2, -0.15) is 0 Å². The topological polar surface area (TPSA) is 66.3 Å². The van der Waals surface area contributed by atoms with Crippen LogP contribution in [-0.2, 0) is 0 Å². The summed E-state index contributed by atoms with van der Waals surface area (Å²) in [6.07, 6.45) is 2.07. The number of nitrogens with zero attached hydrogens (tertiary/aromatic N) is 3. The van der Waals surface area contributed by atoms with Crippen LogP contribution >= 0.6 is 0 Å². The lowest BCUT2D eigenvalue weighted by molar-refractivity contribution is 0.0689. The lowest BCUT2D eigenvalue weighted by atomic mass is 10.1. The third kappa shape index (κ3) is 4.19. The van der Waals surface area contributed by atoms with E-state index in [0.29, 0.717) is 12.0 Å². The van der Waals surface area contributed by atoms with Gasteiger partial charge in [-0.1, -0.05) is 27.7 Å². The number of carboxylic acids is 1. The SMILES string of the molecule is CCC(CC)N(CC(C)C)c1ccc(C(=O)O)nn1. The number of aromatic carboxylic acids is 1. The fraction of sp³-hybridized carbons (Fsp3) is 0.643. The van der Waals surface area contributed by atoms with Gasteiger partial charge >= 0.3 is 5.97 Å². The molecule has 19 heavy (non-hydrogen) atoms. The summed E-state index contributed by atoms with van der Waals surface area (Å²) < 4.78 is 0. The zero-order chi connectivity index (χ0) is 14.4. The van der Waals surface area contributed by atoms with Crippen molar-refractivity contribution in [2.24, 2.45) is 5.92 Å². The maximum Gasteiger partial charge on any atom is 0.356 e. The van der Waals surface area contributed by atoms with Gasteiger partial charge < -0.3 is 10.0 Å². The molecule has 1 N–H and O–H groups in total. The Morgan fingerprint density at radius 1 is 1.26 bits per heavy atom. The summed E-state index contributed by atoms with van der Waals surface area (Å²) in [6, 6.07) is 3.67. The van der Waals surface area contributed by atoms with E-state index in [9.17, 15) is 4.79 Å². The third-order valence-electron chi connectivity index (χ3n) is 3.11. The zero-order valence-electron chi connectivity index (χ0n) is 12.1. The highest BCUT2D eigenvalue weighted by Gasteiger charge is 2.19. The molecular weight excluding hydrogens is 242 g/mol. The van der Waals surface area contributed by atoms with Gasteiger partial charge in [0, 0.05) is 12.6 Å².